The monoisotopic (exact) mass is 469 g/mol. The molecule has 2 saturated carbocycles. The summed E-state index contributed by atoms with van der Waals surface area (Å²) in [5.41, 5.74) is 0.777. The third-order valence-corrected chi connectivity index (χ3v) is 8.51. The Balaban J connectivity index is 1.23. The van der Waals surface area contributed by atoms with Crippen molar-refractivity contribution in [3.8, 4) is 0 Å². The van der Waals surface area contributed by atoms with Crippen LogP contribution in [-0.4, -0.2) is 79.1 Å². The lowest BCUT2D eigenvalue weighted by Gasteiger charge is -2.40. The third kappa shape index (κ3) is 6.32. The van der Waals surface area contributed by atoms with E-state index in [0.29, 0.717) is 23.9 Å². The molecule has 3 fully saturated rings. The normalized spacial score (nSPS) is 24.6. The average molecular weight is 470 g/mol. The summed E-state index contributed by atoms with van der Waals surface area (Å²) in [6.45, 7) is 4.06. The molecule has 1 aliphatic heterocycles. The van der Waals surface area contributed by atoms with Gasteiger partial charge in [-0.15, -0.1) is 0 Å². The number of carbonyl (C=O) groups excluding carboxylic acids is 2. The van der Waals surface area contributed by atoms with Gasteiger partial charge in [-0.3, -0.25) is 4.79 Å². The smallest absolute Gasteiger partial charge is 0.409 e. The molecule has 0 aromatic heterocycles. The molecule has 3 aliphatic rings. The number of hydrogen-bond donors (Lipinski definition) is 0. The minimum absolute atomic E-state index is 0.132. The minimum atomic E-state index is -0.145. The molecule has 6 nitrogen and oxygen atoms in total. The lowest BCUT2D eigenvalue weighted by molar-refractivity contribution is 0.0616. The van der Waals surface area contributed by atoms with Crippen LogP contribution in [-0.2, 0) is 4.74 Å². The van der Waals surface area contributed by atoms with Crippen LogP contribution in [0.25, 0.3) is 0 Å². The van der Waals surface area contributed by atoms with E-state index in [9.17, 15) is 9.59 Å². The number of nitrogens with zero attached hydrogens (tertiary/aromatic N) is 3. The van der Waals surface area contributed by atoms with Gasteiger partial charge in [0.05, 0.1) is 7.11 Å². The Kier molecular flexibility index (Phi) is 8.87. The molecule has 2 atom stereocenters. The van der Waals surface area contributed by atoms with Gasteiger partial charge >= 0.3 is 6.09 Å². The number of amides is 2. The predicted octanol–water partition coefficient (Wildman–Crippen LogP) is 5.04. The van der Waals surface area contributed by atoms with Crippen molar-refractivity contribution >= 4 is 12.0 Å². The number of ether oxygens (including phenoxy) is 1. The van der Waals surface area contributed by atoms with Gasteiger partial charge in [-0.25, -0.2) is 4.79 Å². The molecule has 1 heterocycles. The van der Waals surface area contributed by atoms with E-state index in [-0.39, 0.29) is 12.0 Å². The zero-order valence-corrected chi connectivity index (χ0v) is 21.2. The summed E-state index contributed by atoms with van der Waals surface area (Å²) in [5, 5.41) is 0. The molecular weight excluding hydrogens is 426 g/mol. The highest BCUT2D eigenvalue weighted by Gasteiger charge is 2.34. The minimum Gasteiger partial charge on any atom is -0.453 e. The highest BCUT2D eigenvalue weighted by atomic mass is 16.5. The fourth-order valence-corrected chi connectivity index (χ4v) is 6.43. The van der Waals surface area contributed by atoms with Crippen LogP contribution in [0, 0.1) is 11.8 Å². The molecule has 0 N–H and O–H groups in total. The first-order valence-corrected chi connectivity index (χ1v) is 13.4. The fraction of sp³-hybridized carbons (Fsp3) is 0.714. The zero-order valence-electron chi connectivity index (χ0n) is 21.2. The molecule has 0 bridgehead atoms. The first-order valence-electron chi connectivity index (χ1n) is 13.4. The summed E-state index contributed by atoms with van der Waals surface area (Å²) >= 11 is 0. The van der Waals surface area contributed by atoms with Crippen LogP contribution in [0.1, 0.15) is 74.6 Å². The van der Waals surface area contributed by atoms with Crippen molar-refractivity contribution in [2.75, 3.05) is 40.3 Å². The molecule has 188 valence electrons. The van der Waals surface area contributed by atoms with E-state index < -0.39 is 0 Å². The molecule has 1 unspecified atom stereocenters. The Morgan fingerprint density at radius 2 is 1.62 bits per heavy atom. The fourth-order valence-electron chi connectivity index (χ4n) is 6.43. The van der Waals surface area contributed by atoms with Gasteiger partial charge in [0.25, 0.3) is 5.91 Å². The maximum absolute atomic E-state index is 12.8. The quantitative estimate of drug-likeness (QED) is 0.561. The zero-order chi connectivity index (χ0) is 23.9. The van der Waals surface area contributed by atoms with Crippen LogP contribution in [0.5, 0.6) is 0 Å². The van der Waals surface area contributed by atoms with Gasteiger partial charge in [0.15, 0.2) is 0 Å². The largest absolute Gasteiger partial charge is 0.453 e. The number of hydrogen-bond acceptors (Lipinski definition) is 4. The topological polar surface area (TPSA) is 53.1 Å². The van der Waals surface area contributed by atoms with Crippen LogP contribution < -0.4 is 0 Å². The van der Waals surface area contributed by atoms with Crippen LogP contribution >= 0.6 is 0 Å². The molecule has 2 amide bonds. The molecule has 0 spiro atoms. The van der Waals surface area contributed by atoms with Crippen molar-refractivity contribution in [1.82, 2.24) is 14.7 Å². The molecular formula is C28H43N3O3. The van der Waals surface area contributed by atoms with Crippen molar-refractivity contribution in [1.29, 1.82) is 0 Å². The first kappa shape index (κ1) is 25.0. The summed E-state index contributed by atoms with van der Waals surface area (Å²) in [5.74, 6) is 1.41. The molecule has 6 heteroatoms. The summed E-state index contributed by atoms with van der Waals surface area (Å²) < 4.78 is 5.17. The molecule has 1 saturated heterocycles. The standard InChI is InChI=1S/C28H43N3O3/c1-29(27(32)24-11-7-4-8-12-24)26-14-13-23(19-26)20-30-17-15-25(16-18-30)31(28(33)34-2)21-22-9-5-3-6-10-22/h4,7-8,11-12,22-23,25-26H,3,5-6,9-10,13-21H2,1-2H3/t23-,26?/m1/s1. The molecule has 1 aromatic rings. The molecule has 4 rings (SSSR count). The van der Waals surface area contributed by atoms with Crippen molar-refractivity contribution in [3.63, 3.8) is 0 Å². The Morgan fingerprint density at radius 3 is 2.29 bits per heavy atom. The Labute approximate surface area is 205 Å². The molecule has 34 heavy (non-hydrogen) atoms. The Hall–Kier alpha value is -2.08. The highest BCUT2D eigenvalue weighted by molar-refractivity contribution is 5.94. The average Bonchev–Trinajstić information content (AvgIpc) is 3.36. The van der Waals surface area contributed by atoms with Crippen molar-refractivity contribution < 1.29 is 14.3 Å². The predicted molar refractivity (Wildman–Crippen MR) is 135 cm³/mol. The molecule has 0 radical (unpaired) electrons. The van der Waals surface area contributed by atoms with Crippen LogP contribution in [0.4, 0.5) is 4.79 Å². The van der Waals surface area contributed by atoms with E-state index in [0.717, 1.165) is 57.4 Å². The summed E-state index contributed by atoms with van der Waals surface area (Å²) in [6, 6.07) is 10.3. The highest BCUT2D eigenvalue weighted by Crippen LogP contribution is 2.32. The Morgan fingerprint density at radius 1 is 0.912 bits per heavy atom. The van der Waals surface area contributed by atoms with Gasteiger partial charge in [0.2, 0.25) is 0 Å². The van der Waals surface area contributed by atoms with E-state index in [1.807, 2.05) is 47.2 Å². The van der Waals surface area contributed by atoms with Crippen LogP contribution in [0.15, 0.2) is 30.3 Å². The maximum Gasteiger partial charge on any atom is 0.409 e. The maximum atomic E-state index is 12.8. The van der Waals surface area contributed by atoms with Crippen LogP contribution in [0.2, 0.25) is 0 Å². The Bertz CT molecular complexity index is 787. The van der Waals surface area contributed by atoms with E-state index in [1.54, 1.807) is 0 Å². The molecule has 1 aromatic carbocycles. The van der Waals surface area contributed by atoms with Gasteiger partial charge in [-0.2, -0.15) is 0 Å². The van der Waals surface area contributed by atoms with Crippen molar-refractivity contribution in [2.45, 2.75) is 76.3 Å². The SMILES string of the molecule is COC(=O)N(CC1CCCCC1)C1CCN(C[C@@H]2CCC(N(C)C(=O)c3ccccc3)C2)CC1. The number of methoxy groups -OCH3 is 1. The van der Waals surface area contributed by atoms with Crippen molar-refractivity contribution in [3.05, 3.63) is 35.9 Å². The second-order valence-corrected chi connectivity index (χ2v) is 10.8. The lowest BCUT2D eigenvalue weighted by Crippen LogP contribution is -2.49. The van der Waals surface area contributed by atoms with Crippen LogP contribution in [0.3, 0.4) is 0 Å². The van der Waals surface area contributed by atoms with E-state index in [1.165, 1.54) is 45.6 Å². The van der Waals surface area contributed by atoms with Gasteiger partial charge in [0, 0.05) is 50.9 Å². The second-order valence-electron chi connectivity index (χ2n) is 10.8. The number of carbonyl (C=O) groups is 2. The van der Waals surface area contributed by atoms with E-state index in [4.69, 9.17) is 4.74 Å². The second kappa shape index (κ2) is 12.1. The number of piperidine rings is 1. The van der Waals surface area contributed by atoms with E-state index in [2.05, 4.69) is 4.90 Å². The lowest BCUT2D eigenvalue weighted by atomic mass is 9.88. The van der Waals surface area contributed by atoms with Gasteiger partial charge < -0.3 is 19.4 Å². The van der Waals surface area contributed by atoms with Gasteiger partial charge in [-0.1, -0.05) is 37.5 Å². The van der Waals surface area contributed by atoms with Gasteiger partial charge in [-0.05, 0) is 68.9 Å². The molecule has 2 aliphatic carbocycles. The van der Waals surface area contributed by atoms with Crippen molar-refractivity contribution in [2.24, 2.45) is 11.8 Å². The third-order valence-electron chi connectivity index (χ3n) is 8.51. The number of rotatable bonds is 7. The number of benzene rings is 1. The van der Waals surface area contributed by atoms with E-state index >= 15 is 0 Å². The summed E-state index contributed by atoms with van der Waals surface area (Å²) in [4.78, 5) is 32.0. The summed E-state index contributed by atoms with van der Waals surface area (Å²) in [7, 11) is 3.48. The number of likely N-dealkylation sites (tertiary alicyclic amines) is 1. The van der Waals surface area contributed by atoms with Gasteiger partial charge in [0.1, 0.15) is 0 Å². The first-order chi connectivity index (χ1) is 16.5. The summed E-state index contributed by atoms with van der Waals surface area (Å²) in [6.07, 6.45) is 11.7.